The van der Waals surface area contributed by atoms with Gasteiger partial charge in [-0.15, -0.1) is 11.3 Å². The average Bonchev–Trinajstić information content (AvgIpc) is 3.02. The molecule has 22 heavy (non-hydrogen) atoms. The Morgan fingerprint density at radius 1 is 1.32 bits per heavy atom. The summed E-state index contributed by atoms with van der Waals surface area (Å²) in [7, 11) is 0. The van der Waals surface area contributed by atoms with Crippen molar-refractivity contribution in [1.82, 2.24) is 4.98 Å². The Balaban J connectivity index is 2.16. The van der Waals surface area contributed by atoms with Crippen LogP contribution in [-0.4, -0.2) is 29.1 Å². The lowest BCUT2D eigenvalue weighted by atomic mass is 10.1. The van der Waals surface area contributed by atoms with E-state index < -0.39 is 11.9 Å². The van der Waals surface area contributed by atoms with Crippen molar-refractivity contribution < 1.29 is 9.90 Å². The molecule has 2 aromatic rings. The van der Waals surface area contributed by atoms with Crippen molar-refractivity contribution in [3.8, 4) is 11.3 Å². The molecule has 0 amide bonds. The van der Waals surface area contributed by atoms with Gasteiger partial charge in [-0.05, 0) is 18.9 Å². The fraction of sp³-hybridized carbons (Fsp3) is 0.412. The van der Waals surface area contributed by atoms with Gasteiger partial charge in [0.25, 0.3) is 0 Å². The molecule has 1 N–H and O–H groups in total. The number of carboxylic acid groups (broad SMARTS) is 1. The summed E-state index contributed by atoms with van der Waals surface area (Å²) in [6.45, 7) is 7.11. The van der Waals surface area contributed by atoms with Gasteiger partial charge in [-0.1, -0.05) is 38.1 Å². The first-order valence-corrected chi connectivity index (χ1v) is 8.45. The standard InChI is InChI=1S/C17H22N2O2S/c1-4-13-6-8-14(9-7-13)15-11-22-17(18-15)19(5-2)10-12(3)16(20)21/h6-9,11-12H,4-5,10H2,1-3H3,(H,20,21). The van der Waals surface area contributed by atoms with E-state index in [1.807, 2.05) is 17.2 Å². The number of carboxylic acids is 1. The molecule has 1 heterocycles. The lowest BCUT2D eigenvalue weighted by Crippen LogP contribution is -2.31. The van der Waals surface area contributed by atoms with Crippen LogP contribution >= 0.6 is 11.3 Å². The molecule has 5 heteroatoms. The van der Waals surface area contributed by atoms with Crippen molar-refractivity contribution in [3.63, 3.8) is 0 Å². The van der Waals surface area contributed by atoms with Crippen molar-refractivity contribution in [2.24, 2.45) is 5.92 Å². The highest BCUT2D eigenvalue weighted by molar-refractivity contribution is 7.14. The van der Waals surface area contributed by atoms with E-state index in [9.17, 15) is 4.79 Å². The number of nitrogens with zero attached hydrogens (tertiary/aromatic N) is 2. The van der Waals surface area contributed by atoms with Crippen LogP contribution in [0.1, 0.15) is 26.3 Å². The third-order valence-corrected chi connectivity index (χ3v) is 4.62. The van der Waals surface area contributed by atoms with Crippen LogP contribution in [0.4, 0.5) is 5.13 Å². The van der Waals surface area contributed by atoms with Gasteiger partial charge in [-0.2, -0.15) is 0 Å². The Bertz CT molecular complexity index is 622. The number of aromatic nitrogens is 1. The Labute approximate surface area is 135 Å². The predicted molar refractivity (Wildman–Crippen MR) is 91.6 cm³/mol. The van der Waals surface area contributed by atoms with Gasteiger partial charge < -0.3 is 10.0 Å². The molecule has 0 aliphatic rings. The molecule has 0 fully saturated rings. The number of aryl methyl sites for hydroxylation is 1. The number of hydrogen-bond acceptors (Lipinski definition) is 4. The predicted octanol–water partition coefficient (Wildman–Crippen LogP) is 3.92. The molecule has 0 aliphatic carbocycles. The van der Waals surface area contributed by atoms with Crippen molar-refractivity contribution >= 4 is 22.4 Å². The maximum absolute atomic E-state index is 11.0. The molecule has 2 rings (SSSR count). The third-order valence-electron chi connectivity index (χ3n) is 3.72. The number of aliphatic carboxylic acids is 1. The minimum Gasteiger partial charge on any atom is -0.481 e. The molecule has 1 atom stereocenters. The van der Waals surface area contributed by atoms with Crippen LogP contribution in [0.15, 0.2) is 29.6 Å². The number of benzene rings is 1. The molecular formula is C17H22N2O2S. The van der Waals surface area contributed by atoms with Crippen LogP contribution in [0.5, 0.6) is 0 Å². The highest BCUT2D eigenvalue weighted by Gasteiger charge is 2.18. The smallest absolute Gasteiger partial charge is 0.308 e. The molecule has 0 aliphatic heterocycles. The maximum Gasteiger partial charge on any atom is 0.308 e. The topological polar surface area (TPSA) is 53.4 Å². The molecule has 0 saturated carbocycles. The summed E-state index contributed by atoms with van der Waals surface area (Å²) in [6, 6.07) is 8.43. The lowest BCUT2D eigenvalue weighted by molar-refractivity contribution is -0.140. The normalized spacial score (nSPS) is 12.1. The Kier molecular flexibility index (Phi) is 5.55. The van der Waals surface area contributed by atoms with Crippen LogP contribution < -0.4 is 4.90 Å². The van der Waals surface area contributed by atoms with Gasteiger partial charge in [0.1, 0.15) is 0 Å². The van der Waals surface area contributed by atoms with Gasteiger partial charge in [0.15, 0.2) is 5.13 Å². The first-order chi connectivity index (χ1) is 10.5. The first kappa shape index (κ1) is 16.5. The summed E-state index contributed by atoms with van der Waals surface area (Å²) < 4.78 is 0. The Hall–Kier alpha value is -1.88. The van der Waals surface area contributed by atoms with E-state index in [0.29, 0.717) is 6.54 Å². The second kappa shape index (κ2) is 7.40. The third kappa shape index (κ3) is 3.85. The largest absolute Gasteiger partial charge is 0.481 e. The van der Waals surface area contributed by atoms with Gasteiger partial charge in [-0.3, -0.25) is 4.79 Å². The van der Waals surface area contributed by atoms with E-state index >= 15 is 0 Å². The van der Waals surface area contributed by atoms with Gasteiger partial charge in [0, 0.05) is 24.0 Å². The number of carbonyl (C=O) groups is 1. The summed E-state index contributed by atoms with van der Waals surface area (Å²) in [4.78, 5) is 17.7. The fourth-order valence-electron chi connectivity index (χ4n) is 2.20. The summed E-state index contributed by atoms with van der Waals surface area (Å²) in [5, 5.41) is 12.0. The molecule has 1 unspecified atom stereocenters. The minimum absolute atomic E-state index is 0.406. The molecule has 1 aromatic carbocycles. The van der Waals surface area contributed by atoms with Crippen LogP contribution in [0.2, 0.25) is 0 Å². The molecule has 118 valence electrons. The zero-order valence-electron chi connectivity index (χ0n) is 13.2. The van der Waals surface area contributed by atoms with E-state index in [4.69, 9.17) is 5.11 Å². The molecule has 1 aromatic heterocycles. The Morgan fingerprint density at radius 3 is 2.55 bits per heavy atom. The summed E-state index contributed by atoms with van der Waals surface area (Å²) in [6.07, 6.45) is 1.03. The summed E-state index contributed by atoms with van der Waals surface area (Å²) in [5.41, 5.74) is 3.36. The van der Waals surface area contributed by atoms with Crippen LogP contribution in [0, 0.1) is 5.92 Å². The van der Waals surface area contributed by atoms with E-state index in [1.54, 1.807) is 18.3 Å². The number of rotatable bonds is 7. The maximum atomic E-state index is 11.0. The van der Waals surface area contributed by atoms with E-state index in [0.717, 1.165) is 29.4 Å². The molecule has 0 saturated heterocycles. The monoisotopic (exact) mass is 318 g/mol. The molecule has 4 nitrogen and oxygen atoms in total. The number of hydrogen-bond donors (Lipinski definition) is 1. The minimum atomic E-state index is -0.773. The van der Waals surface area contributed by atoms with E-state index in [-0.39, 0.29) is 0 Å². The van der Waals surface area contributed by atoms with Crippen LogP contribution in [0.3, 0.4) is 0 Å². The summed E-state index contributed by atoms with van der Waals surface area (Å²) in [5.74, 6) is -1.18. The number of thiazole rings is 1. The van der Waals surface area contributed by atoms with E-state index in [2.05, 4.69) is 36.2 Å². The number of anilines is 1. The zero-order chi connectivity index (χ0) is 16.1. The van der Waals surface area contributed by atoms with Gasteiger partial charge in [-0.25, -0.2) is 4.98 Å². The van der Waals surface area contributed by atoms with Crippen LogP contribution in [0.25, 0.3) is 11.3 Å². The quantitative estimate of drug-likeness (QED) is 0.840. The molecule has 0 spiro atoms. The second-order valence-electron chi connectivity index (χ2n) is 5.34. The van der Waals surface area contributed by atoms with Crippen molar-refractivity contribution in [2.45, 2.75) is 27.2 Å². The SMILES string of the molecule is CCc1ccc(-c2csc(N(CC)CC(C)C(=O)O)n2)cc1. The van der Waals surface area contributed by atoms with Gasteiger partial charge in [0.05, 0.1) is 11.6 Å². The summed E-state index contributed by atoms with van der Waals surface area (Å²) >= 11 is 1.56. The molecule has 0 bridgehead atoms. The zero-order valence-corrected chi connectivity index (χ0v) is 14.1. The van der Waals surface area contributed by atoms with Gasteiger partial charge >= 0.3 is 5.97 Å². The van der Waals surface area contributed by atoms with Gasteiger partial charge in [0.2, 0.25) is 0 Å². The second-order valence-corrected chi connectivity index (χ2v) is 6.18. The van der Waals surface area contributed by atoms with Crippen molar-refractivity contribution in [1.29, 1.82) is 0 Å². The Morgan fingerprint density at radius 2 is 2.00 bits per heavy atom. The average molecular weight is 318 g/mol. The highest BCUT2D eigenvalue weighted by atomic mass is 32.1. The van der Waals surface area contributed by atoms with Crippen molar-refractivity contribution in [3.05, 3.63) is 35.2 Å². The fourth-order valence-corrected chi connectivity index (χ4v) is 3.11. The van der Waals surface area contributed by atoms with Crippen LogP contribution in [-0.2, 0) is 11.2 Å². The van der Waals surface area contributed by atoms with E-state index in [1.165, 1.54) is 5.56 Å². The molecule has 0 radical (unpaired) electrons. The first-order valence-electron chi connectivity index (χ1n) is 7.57. The van der Waals surface area contributed by atoms with Crippen molar-refractivity contribution in [2.75, 3.05) is 18.0 Å². The molecular weight excluding hydrogens is 296 g/mol. The lowest BCUT2D eigenvalue weighted by Gasteiger charge is -2.21. The highest BCUT2D eigenvalue weighted by Crippen LogP contribution is 2.28.